The molecule has 1 aromatic heterocycles. The van der Waals surface area contributed by atoms with E-state index in [1.54, 1.807) is 23.5 Å². The summed E-state index contributed by atoms with van der Waals surface area (Å²) in [6, 6.07) is 8.98. The van der Waals surface area contributed by atoms with E-state index in [4.69, 9.17) is 11.6 Å². The Bertz CT molecular complexity index is 537. The minimum Gasteiger partial charge on any atom is -0.312 e. The molecular weight excluding hydrogens is 281 g/mol. The Labute approximate surface area is 122 Å². The van der Waals surface area contributed by atoms with Gasteiger partial charge in [-0.05, 0) is 23.6 Å². The molecule has 0 saturated heterocycles. The van der Waals surface area contributed by atoms with Crippen LogP contribution in [0.1, 0.15) is 24.3 Å². The van der Waals surface area contributed by atoms with Gasteiger partial charge in [0.15, 0.2) is 0 Å². The minimum absolute atomic E-state index is 0.0526. The molecule has 0 aliphatic rings. The second-order valence-corrected chi connectivity index (χ2v) is 6.58. The molecule has 0 spiro atoms. The Balaban J connectivity index is 1.93. The lowest BCUT2D eigenvalue weighted by molar-refractivity contribution is 0.471. The SMILES string of the molecule is CC(C)(CNCc1ccc(Cl)cc1F)c1cccs1. The molecule has 0 aliphatic heterocycles. The lowest BCUT2D eigenvalue weighted by Crippen LogP contribution is -2.32. The zero-order valence-corrected chi connectivity index (χ0v) is 12.6. The van der Waals surface area contributed by atoms with Gasteiger partial charge in [0.05, 0.1) is 0 Å². The number of halogens is 2. The van der Waals surface area contributed by atoms with E-state index in [0.717, 1.165) is 6.54 Å². The maximum Gasteiger partial charge on any atom is 0.129 e. The standard InChI is InChI=1S/C15H17ClFNS/c1-15(2,14-4-3-7-19-14)10-18-9-11-5-6-12(16)8-13(11)17/h3-8,18H,9-10H2,1-2H3. The van der Waals surface area contributed by atoms with Crippen LogP contribution < -0.4 is 5.32 Å². The summed E-state index contributed by atoms with van der Waals surface area (Å²) in [5.41, 5.74) is 0.697. The third-order valence-corrected chi connectivity index (χ3v) is 4.56. The lowest BCUT2D eigenvalue weighted by Gasteiger charge is -2.23. The Morgan fingerprint density at radius 2 is 2.11 bits per heavy atom. The predicted molar refractivity (Wildman–Crippen MR) is 80.5 cm³/mol. The van der Waals surface area contributed by atoms with Crippen molar-refractivity contribution >= 4 is 22.9 Å². The van der Waals surface area contributed by atoms with Crippen LogP contribution in [0.5, 0.6) is 0 Å². The Morgan fingerprint density at radius 3 is 2.74 bits per heavy atom. The summed E-state index contributed by atoms with van der Waals surface area (Å²) in [5, 5.41) is 5.82. The molecule has 0 fully saturated rings. The van der Waals surface area contributed by atoms with Gasteiger partial charge in [-0.25, -0.2) is 4.39 Å². The molecule has 0 aliphatic carbocycles. The third kappa shape index (κ3) is 3.78. The normalized spacial score (nSPS) is 11.8. The van der Waals surface area contributed by atoms with Gasteiger partial charge in [-0.3, -0.25) is 0 Å². The average Bonchev–Trinajstić information content (AvgIpc) is 2.86. The number of thiophene rings is 1. The summed E-state index contributed by atoms with van der Waals surface area (Å²) in [4.78, 5) is 1.33. The summed E-state index contributed by atoms with van der Waals surface area (Å²) >= 11 is 7.48. The monoisotopic (exact) mass is 297 g/mol. The van der Waals surface area contributed by atoms with Crippen LogP contribution in [-0.2, 0) is 12.0 Å². The first kappa shape index (κ1) is 14.5. The fourth-order valence-electron chi connectivity index (χ4n) is 1.93. The highest BCUT2D eigenvalue weighted by Crippen LogP contribution is 2.26. The number of nitrogens with one attached hydrogen (secondary N) is 1. The Morgan fingerprint density at radius 1 is 1.32 bits per heavy atom. The zero-order chi connectivity index (χ0) is 13.9. The van der Waals surface area contributed by atoms with Crippen LogP contribution in [0.4, 0.5) is 4.39 Å². The smallest absolute Gasteiger partial charge is 0.129 e. The van der Waals surface area contributed by atoms with Crippen LogP contribution in [0.15, 0.2) is 35.7 Å². The molecule has 102 valence electrons. The Kier molecular flexibility index (Phi) is 4.61. The first-order valence-electron chi connectivity index (χ1n) is 6.18. The quantitative estimate of drug-likeness (QED) is 0.850. The largest absolute Gasteiger partial charge is 0.312 e. The maximum absolute atomic E-state index is 13.6. The van der Waals surface area contributed by atoms with Crippen molar-refractivity contribution < 1.29 is 4.39 Å². The van der Waals surface area contributed by atoms with Gasteiger partial charge in [0.2, 0.25) is 0 Å². The lowest BCUT2D eigenvalue weighted by atomic mass is 9.91. The Hall–Kier alpha value is -0.900. The molecule has 0 radical (unpaired) electrons. The molecule has 1 N–H and O–H groups in total. The van der Waals surface area contributed by atoms with E-state index in [0.29, 0.717) is 17.1 Å². The van der Waals surface area contributed by atoms with Gasteiger partial charge in [-0.2, -0.15) is 0 Å². The van der Waals surface area contributed by atoms with Crippen LogP contribution in [0.25, 0.3) is 0 Å². The van der Waals surface area contributed by atoms with E-state index < -0.39 is 0 Å². The molecule has 0 unspecified atom stereocenters. The summed E-state index contributed by atoms with van der Waals surface area (Å²) in [6.45, 7) is 5.68. The summed E-state index contributed by atoms with van der Waals surface area (Å²) in [5.74, 6) is -0.256. The van der Waals surface area contributed by atoms with Crippen molar-refractivity contribution in [3.8, 4) is 0 Å². The molecule has 2 aromatic rings. The molecule has 0 saturated carbocycles. The molecule has 1 heterocycles. The van der Waals surface area contributed by atoms with E-state index in [-0.39, 0.29) is 11.2 Å². The molecule has 4 heteroatoms. The predicted octanol–water partition coefficient (Wildman–Crippen LogP) is 4.61. The van der Waals surface area contributed by atoms with Gasteiger partial charge in [0.1, 0.15) is 5.82 Å². The first-order valence-corrected chi connectivity index (χ1v) is 7.43. The highest BCUT2D eigenvalue weighted by atomic mass is 35.5. The molecule has 0 atom stereocenters. The number of hydrogen-bond donors (Lipinski definition) is 1. The van der Waals surface area contributed by atoms with Crippen LogP contribution in [0, 0.1) is 5.82 Å². The summed E-state index contributed by atoms with van der Waals surface area (Å²) < 4.78 is 13.6. The summed E-state index contributed by atoms with van der Waals surface area (Å²) in [6.07, 6.45) is 0. The van der Waals surface area contributed by atoms with E-state index in [9.17, 15) is 4.39 Å². The van der Waals surface area contributed by atoms with Crippen molar-refractivity contribution in [1.29, 1.82) is 0 Å². The minimum atomic E-state index is -0.256. The van der Waals surface area contributed by atoms with Gasteiger partial charge >= 0.3 is 0 Å². The van der Waals surface area contributed by atoms with Gasteiger partial charge < -0.3 is 5.32 Å². The van der Waals surface area contributed by atoms with Crippen LogP contribution in [0.3, 0.4) is 0 Å². The van der Waals surface area contributed by atoms with Crippen molar-refractivity contribution in [3.05, 3.63) is 57.0 Å². The molecular formula is C15H17ClFNS. The molecule has 19 heavy (non-hydrogen) atoms. The third-order valence-electron chi connectivity index (χ3n) is 3.09. The van der Waals surface area contributed by atoms with Gasteiger partial charge in [-0.1, -0.05) is 37.6 Å². The fourth-order valence-corrected chi connectivity index (χ4v) is 2.94. The van der Waals surface area contributed by atoms with Gasteiger partial charge in [0, 0.05) is 34.0 Å². The summed E-state index contributed by atoms with van der Waals surface area (Å²) in [7, 11) is 0. The van der Waals surface area contributed by atoms with Crippen molar-refractivity contribution in [2.24, 2.45) is 0 Å². The van der Waals surface area contributed by atoms with Crippen molar-refractivity contribution in [2.45, 2.75) is 25.8 Å². The average molecular weight is 298 g/mol. The molecule has 1 nitrogen and oxygen atoms in total. The van der Waals surface area contributed by atoms with E-state index in [1.165, 1.54) is 10.9 Å². The first-order chi connectivity index (χ1) is 8.99. The van der Waals surface area contributed by atoms with Crippen LogP contribution in [-0.4, -0.2) is 6.54 Å². The maximum atomic E-state index is 13.6. The molecule has 1 aromatic carbocycles. The highest BCUT2D eigenvalue weighted by molar-refractivity contribution is 7.10. The van der Waals surface area contributed by atoms with Crippen molar-refractivity contribution in [3.63, 3.8) is 0 Å². The second kappa shape index (κ2) is 6.04. The number of rotatable bonds is 5. The molecule has 0 bridgehead atoms. The number of benzene rings is 1. The fraction of sp³-hybridized carbons (Fsp3) is 0.333. The molecule has 0 amide bonds. The van der Waals surface area contributed by atoms with Crippen molar-refractivity contribution in [1.82, 2.24) is 5.32 Å². The topological polar surface area (TPSA) is 12.0 Å². The molecule has 2 rings (SSSR count). The van der Waals surface area contributed by atoms with E-state index >= 15 is 0 Å². The van der Waals surface area contributed by atoms with E-state index in [1.807, 2.05) is 0 Å². The van der Waals surface area contributed by atoms with Crippen molar-refractivity contribution in [2.75, 3.05) is 6.54 Å². The van der Waals surface area contributed by atoms with Crippen LogP contribution in [0.2, 0.25) is 5.02 Å². The van der Waals surface area contributed by atoms with Gasteiger partial charge in [0.25, 0.3) is 0 Å². The van der Waals surface area contributed by atoms with Gasteiger partial charge in [-0.15, -0.1) is 11.3 Å². The van der Waals surface area contributed by atoms with Crippen LogP contribution >= 0.6 is 22.9 Å². The van der Waals surface area contributed by atoms with E-state index in [2.05, 4.69) is 36.7 Å². The zero-order valence-electron chi connectivity index (χ0n) is 11.0. The second-order valence-electron chi connectivity index (χ2n) is 5.20. The number of hydrogen-bond acceptors (Lipinski definition) is 2. The highest BCUT2D eigenvalue weighted by Gasteiger charge is 2.21.